The molecule has 0 saturated heterocycles. The van der Waals surface area contributed by atoms with Crippen molar-refractivity contribution < 1.29 is 23.6 Å². The maximum Gasteiger partial charge on any atom is 0.137 e. The number of nitrogens with zero attached hydrogens (tertiary/aromatic N) is 1. The lowest BCUT2D eigenvalue weighted by molar-refractivity contribution is 0.655. The molecule has 8 rings (SSSR count). The van der Waals surface area contributed by atoms with E-state index in [4.69, 9.17) is 22.2 Å². The summed E-state index contributed by atoms with van der Waals surface area (Å²) in [5.41, 5.74) is -1.98. The van der Waals surface area contributed by atoms with Gasteiger partial charge in [0.25, 0.3) is 0 Å². The number of rotatable bonds is 4. The van der Waals surface area contributed by atoms with Gasteiger partial charge in [0.15, 0.2) is 0 Å². The standard InChI is InChI=1S/C41H33NO/c1-26-23-27(2)40-34(24-26)33-25-31(21-22-35(33)41(40,3)4)42(30-19-17-29(18-20-30)28-11-6-5-7-12-28)36-14-10-16-38-39(36)32-13-8-9-15-37(32)43-38/h5-25H,1-4H3/i1D3,2D3,3D3,4D3,23D,24D. The molecular formula is C41H33NO. The fourth-order valence-electron chi connectivity index (χ4n) is 6.25. The Balaban J connectivity index is 1.50. The summed E-state index contributed by atoms with van der Waals surface area (Å²) >= 11 is 0. The average Bonchev–Trinajstić information content (AvgIpc) is 3.66. The highest BCUT2D eigenvalue weighted by Gasteiger charge is 2.37. The molecular weight excluding hydrogens is 522 g/mol. The minimum Gasteiger partial charge on any atom is -0.456 e. The summed E-state index contributed by atoms with van der Waals surface area (Å²) in [6.07, 6.45) is 0. The third-order valence-corrected chi connectivity index (χ3v) is 8.16. The Morgan fingerprint density at radius 2 is 1.44 bits per heavy atom. The first-order chi connectivity index (χ1) is 26.7. The molecule has 0 N–H and O–H groups in total. The van der Waals surface area contributed by atoms with Gasteiger partial charge in [0.05, 0.1) is 13.8 Å². The van der Waals surface area contributed by atoms with Gasteiger partial charge in [0, 0.05) is 38.6 Å². The lowest BCUT2D eigenvalue weighted by Crippen LogP contribution is -2.17. The Bertz CT molecular complexity index is 2690. The second kappa shape index (κ2) is 9.47. The third-order valence-electron chi connectivity index (χ3n) is 8.16. The molecule has 0 atom stereocenters. The van der Waals surface area contributed by atoms with E-state index in [0.717, 1.165) is 21.9 Å². The van der Waals surface area contributed by atoms with Gasteiger partial charge in [-0.2, -0.15) is 0 Å². The molecule has 6 aromatic carbocycles. The highest BCUT2D eigenvalue weighted by Crippen LogP contribution is 2.52. The molecule has 1 aromatic heterocycles. The van der Waals surface area contributed by atoms with Crippen LogP contribution in [0.1, 0.15) is 55.1 Å². The second-order valence-electron chi connectivity index (χ2n) is 10.7. The van der Waals surface area contributed by atoms with Crippen LogP contribution in [0.5, 0.6) is 0 Å². The second-order valence-corrected chi connectivity index (χ2v) is 10.7. The van der Waals surface area contributed by atoms with Crippen LogP contribution in [0.4, 0.5) is 17.1 Å². The summed E-state index contributed by atoms with van der Waals surface area (Å²) in [5, 5.41) is 1.53. The summed E-state index contributed by atoms with van der Waals surface area (Å²) in [6, 6.07) is 32.8. The van der Waals surface area contributed by atoms with E-state index in [-0.39, 0.29) is 11.1 Å². The van der Waals surface area contributed by atoms with Crippen molar-refractivity contribution in [3.63, 3.8) is 0 Å². The van der Waals surface area contributed by atoms with E-state index in [1.807, 2.05) is 102 Å². The number of hydrogen-bond acceptors (Lipinski definition) is 2. The zero-order chi connectivity index (χ0) is 41.0. The first kappa shape index (κ1) is 14.9. The topological polar surface area (TPSA) is 16.4 Å². The molecule has 1 aliphatic carbocycles. The smallest absolute Gasteiger partial charge is 0.137 e. The Morgan fingerprint density at radius 3 is 2.26 bits per heavy atom. The van der Waals surface area contributed by atoms with E-state index in [2.05, 4.69) is 0 Å². The molecule has 0 fully saturated rings. The fraction of sp³-hybridized carbons (Fsp3) is 0.122. The van der Waals surface area contributed by atoms with Gasteiger partial charge >= 0.3 is 0 Å². The first-order valence-corrected chi connectivity index (χ1v) is 13.9. The summed E-state index contributed by atoms with van der Waals surface area (Å²) in [4.78, 5) is 1.86. The highest BCUT2D eigenvalue weighted by atomic mass is 16.3. The van der Waals surface area contributed by atoms with E-state index >= 15 is 0 Å². The maximum absolute atomic E-state index is 9.27. The van der Waals surface area contributed by atoms with Crippen molar-refractivity contribution in [2.75, 3.05) is 4.90 Å². The summed E-state index contributed by atoms with van der Waals surface area (Å²) in [6.45, 7) is -13.5. The lowest BCUT2D eigenvalue weighted by atomic mass is 9.80. The van der Waals surface area contributed by atoms with Crippen LogP contribution in [0.3, 0.4) is 0 Å². The van der Waals surface area contributed by atoms with E-state index in [1.54, 1.807) is 0 Å². The molecule has 0 amide bonds. The van der Waals surface area contributed by atoms with Crippen LogP contribution in [0.2, 0.25) is 0 Å². The number of anilines is 3. The van der Waals surface area contributed by atoms with Crippen LogP contribution in [-0.4, -0.2) is 0 Å². The summed E-state index contributed by atoms with van der Waals surface area (Å²) in [5.74, 6) is 0. The Kier molecular flexibility index (Phi) is 3.28. The minimum atomic E-state index is -3.46. The molecule has 208 valence electrons. The van der Waals surface area contributed by atoms with Crippen molar-refractivity contribution in [3.05, 3.63) is 150 Å². The van der Waals surface area contributed by atoms with Gasteiger partial charge in [-0.3, -0.25) is 0 Å². The quantitative estimate of drug-likeness (QED) is 0.210. The van der Waals surface area contributed by atoms with Crippen molar-refractivity contribution in [3.8, 4) is 22.3 Å². The molecule has 0 saturated carbocycles. The molecule has 43 heavy (non-hydrogen) atoms. The van der Waals surface area contributed by atoms with Gasteiger partial charge in [0.2, 0.25) is 0 Å². The molecule has 0 spiro atoms. The lowest BCUT2D eigenvalue weighted by Gasteiger charge is -2.28. The van der Waals surface area contributed by atoms with E-state index < -0.39 is 67.2 Å². The number of benzene rings is 6. The monoisotopic (exact) mass is 569 g/mol. The molecule has 1 heterocycles. The van der Waals surface area contributed by atoms with Crippen molar-refractivity contribution in [1.82, 2.24) is 0 Å². The number of fused-ring (bicyclic) bond motifs is 6. The molecule has 0 bridgehead atoms. The van der Waals surface area contributed by atoms with E-state index in [1.165, 1.54) is 18.2 Å². The summed E-state index contributed by atoms with van der Waals surface area (Å²) < 4.78 is 127. The third kappa shape index (κ3) is 3.94. The van der Waals surface area contributed by atoms with Crippen molar-refractivity contribution >= 4 is 39.0 Å². The van der Waals surface area contributed by atoms with Crippen LogP contribution in [0.15, 0.2) is 132 Å². The Morgan fingerprint density at radius 1 is 0.674 bits per heavy atom. The van der Waals surface area contributed by atoms with Gasteiger partial charge < -0.3 is 9.32 Å². The van der Waals surface area contributed by atoms with Crippen LogP contribution in [0, 0.1) is 13.7 Å². The van der Waals surface area contributed by atoms with Crippen molar-refractivity contribution in [2.45, 2.75) is 32.8 Å². The van der Waals surface area contributed by atoms with Crippen LogP contribution in [0.25, 0.3) is 44.2 Å². The molecule has 0 radical (unpaired) electrons. The molecule has 1 aliphatic rings. The first-order valence-electron chi connectivity index (χ1n) is 20.9. The van der Waals surface area contributed by atoms with Gasteiger partial charge in [0.1, 0.15) is 11.2 Å². The zero-order valence-electron chi connectivity index (χ0n) is 36.8. The molecule has 2 nitrogen and oxygen atoms in total. The summed E-state index contributed by atoms with van der Waals surface area (Å²) in [7, 11) is 0. The molecule has 0 aliphatic heterocycles. The minimum absolute atomic E-state index is 0.133. The highest BCUT2D eigenvalue weighted by molar-refractivity contribution is 6.13. The predicted molar refractivity (Wildman–Crippen MR) is 181 cm³/mol. The van der Waals surface area contributed by atoms with E-state index in [0.29, 0.717) is 28.2 Å². The van der Waals surface area contributed by atoms with Crippen LogP contribution < -0.4 is 4.90 Å². The zero-order valence-corrected chi connectivity index (χ0v) is 22.8. The Labute approximate surface area is 272 Å². The largest absolute Gasteiger partial charge is 0.456 e. The SMILES string of the molecule is [2H]c1c2c(c(C([2H])([2H])[2H])c([2H])c1C([2H])([2H])[2H])C(C([2H])([2H])[2H])(C([2H])([2H])[2H])c1ccc(N(c3ccc(-c4ccccc4)cc3)c3cccc4oc5ccccc5c34)cc1-2. The molecule has 0 unspecified atom stereocenters. The number of hydrogen-bond donors (Lipinski definition) is 0. The van der Waals surface area contributed by atoms with Crippen molar-refractivity contribution in [2.24, 2.45) is 0 Å². The maximum atomic E-state index is 9.27. The Hall–Kier alpha value is -5.08. The number of furan rings is 1. The van der Waals surface area contributed by atoms with Crippen LogP contribution in [-0.2, 0) is 5.41 Å². The van der Waals surface area contributed by atoms with Gasteiger partial charge in [-0.05, 0) is 95.1 Å². The van der Waals surface area contributed by atoms with Gasteiger partial charge in [-0.1, -0.05) is 104 Å². The fourth-order valence-corrected chi connectivity index (χ4v) is 6.25. The van der Waals surface area contributed by atoms with Crippen molar-refractivity contribution in [1.29, 1.82) is 0 Å². The predicted octanol–water partition coefficient (Wildman–Crippen LogP) is 11.6. The molecule has 2 heteroatoms. The van der Waals surface area contributed by atoms with Gasteiger partial charge in [-0.25, -0.2) is 0 Å². The molecule has 7 aromatic rings. The van der Waals surface area contributed by atoms with E-state index in [9.17, 15) is 1.37 Å². The normalized spacial score (nSPS) is 19.3. The number of para-hydroxylation sites is 1. The average molecular weight is 570 g/mol. The van der Waals surface area contributed by atoms with Gasteiger partial charge in [-0.15, -0.1) is 0 Å². The van der Waals surface area contributed by atoms with Crippen LogP contribution >= 0.6 is 0 Å².